The second-order valence-corrected chi connectivity index (χ2v) is 6.79. The van der Waals surface area contributed by atoms with E-state index in [2.05, 4.69) is 21.2 Å². The van der Waals surface area contributed by atoms with E-state index in [4.69, 9.17) is 0 Å². The highest BCUT2D eigenvalue weighted by Gasteiger charge is 2.46. The van der Waals surface area contributed by atoms with Gasteiger partial charge in [0.15, 0.2) is 0 Å². The van der Waals surface area contributed by atoms with Crippen molar-refractivity contribution in [3.05, 3.63) is 47.4 Å². The third-order valence-electron chi connectivity index (χ3n) is 4.22. The normalized spacial score (nSPS) is 18.2. The third-order valence-corrected chi connectivity index (χ3v) is 5.03. The fraction of sp³-hybridized carbons (Fsp3) is 0.500. The molecule has 0 radical (unpaired) electrons. The molecule has 1 fully saturated rings. The summed E-state index contributed by atoms with van der Waals surface area (Å²) in [5.41, 5.74) is -1.35. The van der Waals surface area contributed by atoms with Crippen LogP contribution in [0, 0.1) is 0 Å². The van der Waals surface area contributed by atoms with Gasteiger partial charge in [-0.1, -0.05) is 58.4 Å². The van der Waals surface area contributed by atoms with Gasteiger partial charge in [0.2, 0.25) is 0 Å². The number of hydrogen-bond donors (Lipinski definition) is 1. The molecule has 4 nitrogen and oxygen atoms in total. The number of amides is 1. The van der Waals surface area contributed by atoms with Crippen LogP contribution >= 0.6 is 11.9 Å². The van der Waals surface area contributed by atoms with Crippen LogP contribution in [0.25, 0.3) is 0 Å². The quantitative estimate of drug-likeness (QED) is 0.685. The predicted octanol–water partition coefficient (Wildman–Crippen LogP) is 5.26. The SMILES string of the molecule is C=CSN1CCC2(CC1)N=C(c1cccc(C(F)(F)F)c1)NC2=O.CC.CC. The van der Waals surface area contributed by atoms with Gasteiger partial charge in [-0.2, -0.15) is 13.2 Å². The number of benzene rings is 1. The fourth-order valence-corrected chi connectivity index (χ4v) is 3.51. The topological polar surface area (TPSA) is 44.7 Å². The average Bonchev–Trinajstić information content (AvgIpc) is 3.03. The summed E-state index contributed by atoms with van der Waals surface area (Å²) in [4.78, 5) is 16.9. The van der Waals surface area contributed by atoms with Crippen LogP contribution in [0.5, 0.6) is 0 Å². The minimum absolute atomic E-state index is 0.218. The van der Waals surface area contributed by atoms with E-state index in [9.17, 15) is 18.0 Å². The van der Waals surface area contributed by atoms with Crippen LogP contribution in [0.3, 0.4) is 0 Å². The van der Waals surface area contributed by atoms with Crippen LogP contribution in [0.4, 0.5) is 13.2 Å². The van der Waals surface area contributed by atoms with Crippen LogP contribution in [0.1, 0.15) is 51.7 Å². The highest BCUT2D eigenvalue weighted by Crippen LogP contribution is 2.34. The van der Waals surface area contributed by atoms with E-state index in [1.54, 1.807) is 5.41 Å². The van der Waals surface area contributed by atoms with Crippen molar-refractivity contribution < 1.29 is 18.0 Å². The Morgan fingerprint density at radius 3 is 2.36 bits per heavy atom. The van der Waals surface area contributed by atoms with Crippen molar-refractivity contribution in [2.24, 2.45) is 4.99 Å². The molecule has 1 amide bonds. The Kier molecular flexibility index (Phi) is 9.23. The highest BCUT2D eigenvalue weighted by atomic mass is 32.2. The maximum Gasteiger partial charge on any atom is 0.416 e. The van der Waals surface area contributed by atoms with Gasteiger partial charge in [0.25, 0.3) is 5.91 Å². The molecule has 0 atom stereocenters. The van der Waals surface area contributed by atoms with E-state index in [0.29, 0.717) is 25.9 Å². The molecule has 2 aliphatic rings. The van der Waals surface area contributed by atoms with Crippen LogP contribution in [0.15, 0.2) is 41.2 Å². The summed E-state index contributed by atoms with van der Waals surface area (Å²) in [5, 5.41) is 4.38. The number of halogens is 3. The number of nitrogens with one attached hydrogen (secondary N) is 1. The van der Waals surface area contributed by atoms with Gasteiger partial charge in [0.05, 0.1) is 5.56 Å². The summed E-state index contributed by atoms with van der Waals surface area (Å²) in [6.07, 6.45) is -3.37. The molecule has 1 N–H and O–H groups in total. The number of aliphatic imine (C=N–C) groups is 1. The molecule has 0 aliphatic carbocycles. The maximum absolute atomic E-state index is 12.9. The first kappa shape index (κ1) is 24.2. The summed E-state index contributed by atoms with van der Waals surface area (Å²) in [5.74, 6) is -0.0194. The molecule has 0 aromatic heterocycles. The molecule has 28 heavy (non-hydrogen) atoms. The Balaban J connectivity index is 0.000000921. The zero-order valence-electron chi connectivity index (χ0n) is 16.8. The van der Waals surface area contributed by atoms with E-state index in [-0.39, 0.29) is 17.3 Å². The van der Waals surface area contributed by atoms with Crippen molar-refractivity contribution in [2.75, 3.05) is 13.1 Å². The molecule has 1 aromatic carbocycles. The summed E-state index contributed by atoms with van der Waals surface area (Å²) >= 11 is 1.49. The first-order valence-corrected chi connectivity index (χ1v) is 10.3. The molecule has 1 saturated heterocycles. The minimum atomic E-state index is -4.43. The van der Waals surface area contributed by atoms with E-state index < -0.39 is 17.3 Å². The summed E-state index contributed by atoms with van der Waals surface area (Å²) in [7, 11) is 0. The van der Waals surface area contributed by atoms with Crippen LogP contribution in [-0.4, -0.2) is 34.7 Å². The Bertz CT molecular complexity index is 696. The van der Waals surface area contributed by atoms with Gasteiger partial charge in [-0.15, -0.1) is 0 Å². The molecule has 1 spiro atoms. The number of alkyl halides is 3. The summed E-state index contributed by atoms with van der Waals surface area (Å²) < 4.78 is 40.6. The second kappa shape index (κ2) is 10.7. The van der Waals surface area contributed by atoms with Gasteiger partial charge in [-0.25, -0.2) is 4.31 Å². The molecular weight excluding hydrogens is 387 g/mol. The lowest BCUT2D eigenvalue weighted by molar-refractivity contribution is -0.137. The molecule has 2 aliphatic heterocycles. The Hall–Kier alpha value is -1.80. The molecule has 1 aromatic rings. The van der Waals surface area contributed by atoms with Crippen molar-refractivity contribution in [3.8, 4) is 0 Å². The summed E-state index contributed by atoms with van der Waals surface area (Å²) in [6, 6.07) is 4.86. The molecule has 0 unspecified atom stereocenters. The van der Waals surface area contributed by atoms with Gasteiger partial charge in [-0.05, 0) is 30.4 Å². The lowest BCUT2D eigenvalue weighted by Gasteiger charge is -2.33. The number of piperidine rings is 1. The second-order valence-electron chi connectivity index (χ2n) is 5.73. The lowest BCUT2D eigenvalue weighted by Crippen LogP contribution is -2.47. The van der Waals surface area contributed by atoms with Gasteiger partial charge in [0.1, 0.15) is 11.4 Å². The molecule has 3 rings (SSSR count). The lowest BCUT2D eigenvalue weighted by atomic mass is 9.89. The van der Waals surface area contributed by atoms with Crippen molar-refractivity contribution in [1.29, 1.82) is 0 Å². The average molecular weight is 416 g/mol. The number of rotatable bonds is 3. The summed E-state index contributed by atoms with van der Waals surface area (Å²) in [6.45, 7) is 13.0. The number of carbonyl (C=O) groups excluding carboxylic acids is 1. The van der Waals surface area contributed by atoms with E-state index in [1.165, 1.54) is 24.1 Å². The monoisotopic (exact) mass is 415 g/mol. The minimum Gasteiger partial charge on any atom is -0.308 e. The van der Waals surface area contributed by atoms with Crippen LogP contribution in [0.2, 0.25) is 0 Å². The van der Waals surface area contributed by atoms with Crippen LogP contribution in [-0.2, 0) is 11.0 Å². The fourth-order valence-electron chi connectivity index (χ4n) is 2.90. The van der Waals surface area contributed by atoms with E-state index in [0.717, 1.165) is 12.1 Å². The first-order valence-electron chi connectivity index (χ1n) is 9.46. The maximum atomic E-state index is 12.9. The standard InChI is InChI=1S/C16H16F3N3OS.2C2H6/c1-2-24-22-8-6-15(7-9-22)14(23)20-13(21-15)11-4-3-5-12(10-11)16(17,18)19;2*1-2/h2-5,10H,1,6-9H2,(H,20,21,23);2*1-2H3. The van der Waals surface area contributed by atoms with Crippen molar-refractivity contribution >= 4 is 23.7 Å². The van der Waals surface area contributed by atoms with Gasteiger partial charge < -0.3 is 5.32 Å². The van der Waals surface area contributed by atoms with Crippen molar-refractivity contribution in [2.45, 2.75) is 52.3 Å². The largest absolute Gasteiger partial charge is 0.416 e. The Labute approximate surface area is 169 Å². The van der Waals surface area contributed by atoms with E-state index >= 15 is 0 Å². The molecular formula is C20H28F3N3OS. The number of carbonyl (C=O) groups is 1. The third kappa shape index (κ3) is 5.61. The number of amidine groups is 1. The molecule has 2 heterocycles. The van der Waals surface area contributed by atoms with Crippen molar-refractivity contribution in [1.82, 2.24) is 9.62 Å². The molecule has 0 saturated carbocycles. The van der Waals surface area contributed by atoms with Gasteiger partial charge >= 0.3 is 6.18 Å². The highest BCUT2D eigenvalue weighted by molar-refractivity contribution is 7.99. The zero-order valence-corrected chi connectivity index (χ0v) is 17.6. The number of hydrogen-bond acceptors (Lipinski definition) is 4. The van der Waals surface area contributed by atoms with E-state index in [1.807, 2.05) is 27.7 Å². The zero-order chi connectivity index (χ0) is 21.4. The Morgan fingerprint density at radius 1 is 1.21 bits per heavy atom. The van der Waals surface area contributed by atoms with Gasteiger partial charge in [-0.3, -0.25) is 9.79 Å². The Morgan fingerprint density at radius 2 is 1.82 bits per heavy atom. The molecule has 156 valence electrons. The molecule has 0 bridgehead atoms. The smallest absolute Gasteiger partial charge is 0.308 e. The molecule has 8 heteroatoms. The van der Waals surface area contributed by atoms with Gasteiger partial charge in [0, 0.05) is 18.7 Å². The number of nitrogens with zero attached hydrogens (tertiary/aromatic N) is 2. The predicted molar refractivity (Wildman–Crippen MR) is 110 cm³/mol. The first-order chi connectivity index (χ1) is 13.3. The van der Waals surface area contributed by atoms with Crippen LogP contribution < -0.4 is 5.32 Å². The van der Waals surface area contributed by atoms with Crippen molar-refractivity contribution in [3.63, 3.8) is 0 Å².